The van der Waals surface area contributed by atoms with Crippen molar-refractivity contribution in [3.63, 3.8) is 0 Å². The van der Waals surface area contributed by atoms with E-state index in [-0.39, 0.29) is 17.9 Å². The summed E-state index contributed by atoms with van der Waals surface area (Å²) in [5.74, 6) is -1.27. The van der Waals surface area contributed by atoms with E-state index in [1.807, 2.05) is 32.9 Å². The Hall–Kier alpha value is -1.88. The largest absolute Gasteiger partial charge is 0.480 e. The highest BCUT2D eigenvalue weighted by Gasteiger charge is 2.30. The van der Waals surface area contributed by atoms with Crippen molar-refractivity contribution in [3.8, 4) is 0 Å². The predicted octanol–water partition coefficient (Wildman–Crippen LogP) is 2.05. The second kappa shape index (κ2) is 7.59. The molecule has 1 aliphatic rings. The molecule has 3 unspecified atom stereocenters. The van der Waals surface area contributed by atoms with Crippen LogP contribution in [0.5, 0.6) is 0 Å². The summed E-state index contributed by atoms with van der Waals surface area (Å²) < 4.78 is 0. The summed E-state index contributed by atoms with van der Waals surface area (Å²) in [7, 11) is 0. The summed E-state index contributed by atoms with van der Waals surface area (Å²) in [5.41, 5.74) is 2.58. The Morgan fingerprint density at radius 3 is 2.52 bits per heavy atom. The lowest BCUT2D eigenvalue weighted by atomic mass is 9.97. The van der Waals surface area contributed by atoms with Gasteiger partial charge >= 0.3 is 5.97 Å². The molecule has 2 N–H and O–H groups in total. The average Bonchev–Trinajstić information content (AvgIpc) is 2.57. The van der Waals surface area contributed by atoms with Gasteiger partial charge in [0.1, 0.15) is 6.04 Å². The first-order valence-corrected chi connectivity index (χ1v) is 8.28. The highest BCUT2D eigenvalue weighted by molar-refractivity contribution is 5.86. The zero-order valence-electron chi connectivity index (χ0n) is 14.1. The third-order valence-electron chi connectivity index (χ3n) is 4.86. The van der Waals surface area contributed by atoms with E-state index >= 15 is 0 Å². The van der Waals surface area contributed by atoms with Gasteiger partial charge in [-0.2, -0.15) is 0 Å². The highest BCUT2D eigenvalue weighted by Crippen LogP contribution is 2.20. The Morgan fingerprint density at radius 2 is 1.91 bits per heavy atom. The molecule has 0 aliphatic carbocycles. The zero-order chi connectivity index (χ0) is 17.0. The fourth-order valence-electron chi connectivity index (χ4n) is 2.97. The molecule has 0 saturated heterocycles. The molecule has 2 rings (SSSR count). The van der Waals surface area contributed by atoms with Gasteiger partial charge in [-0.05, 0) is 30.4 Å². The molecule has 1 aromatic carbocycles. The van der Waals surface area contributed by atoms with Crippen molar-refractivity contribution in [1.82, 2.24) is 10.2 Å². The number of carbonyl (C=O) groups excluding carboxylic acids is 1. The van der Waals surface area contributed by atoms with Gasteiger partial charge in [-0.25, -0.2) is 4.79 Å². The third kappa shape index (κ3) is 4.10. The van der Waals surface area contributed by atoms with E-state index in [2.05, 4.69) is 22.3 Å². The minimum atomic E-state index is -0.969. The van der Waals surface area contributed by atoms with Gasteiger partial charge in [0.2, 0.25) is 5.91 Å². The lowest BCUT2D eigenvalue weighted by molar-refractivity contribution is -0.144. The molecule has 1 aliphatic heterocycles. The molecule has 5 heteroatoms. The van der Waals surface area contributed by atoms with Crippen molar-refractivity contribution in [2.45, 2.75) is 52.2 Å². The van der Waals surface area contributed by atoms with Gasteiger partial charge in [-0.3, -0.25) is 9.69 Å². The molecule has 0 spiro atoms. The van der Waals surface area contributed by atoms with E-state index in [1.165, 1.54) is 11.1 Å². The number of hydrogen-bond donors (Lipinski definition) is 2. The number of carboxylic acid groups (broad SMARTS) is 1. The summed E-state index contributed by atoms with van der Waals surface area (Å²) in [4.78, 5) is 25.9. The van der Waals surface area contributed by atoms with Gasteiger partial charge in [-0.1, -0.05) is 44.5 Å². The Labute approximate surface area is 137 Å². The number of hydrogen-bond acceptors (Lipinski definition) is 3. The monoisotopic (exact) mass is 318 g/mol. The number of carboxylic acids is 1. The van der Waals surface area contributed by atoms with E-state index in [0.29, 0.717) is 6.42 Å². The van der Waals surface area contributed by atoms with Crippen LogP contribution >= 0.6 is 0 Å². The van der Waals surface area contributed by atoms with E-state index in [4.69, 9.17) is 0 Å². The molecule has 0 saturated carbocycles. The molecule has 5 nitrogen and oxygen atoms in total. The van der Waals surface area contributed by atoms with Crippen LogP contribution in [-0.4, -0.2) is 40.5 Å². The Kier molecular flexibility index (Phi) is 5.77. The minimum absolute atomic E-state index is 0.0919. The van der Waals surface area contributed by atoms with Gasteiger partial charge in [0.15, 0.2) is 0 Å². The van der Waals surface area contributed by atoms with Crippen LogP contribution in [-0.2, 0) is 22.6 Å². The first-order valence-electron chi connectivity index (χ1n) is 8.28. The quantitative estimate of drug-likeness (QED) is 0.842. The molecule has 1 heterocycles. The van der Waals surface area contributed by atoms with Crippen molar-refractivity contribution < 1.29 is 14.7 Å². The summed E-state index contributed by atoms with van der Waals surface area (Å²) in [6, 6.07) is 7.10. The molecule has 1 amide bonds. The molecular weight excluding hydrogens is 292 g/mol. The van der Waals surface area contributed by atoms with Gasteiger partial charge < -0.3 is 10.4 Å². The molecule has 1 aromatic rings. The summed E-state index contributed by atoms with van der Waals surface area (Å²) >= 11 is 0. The Morgan fingerprint density at radius 1 is 1.26 bits per heavy atom. The topological polar surface area (TPSA) is 69.6 Å². The summed E-state index contributed by atoms with van der Waals surface area (Å²) in [5, 5.41) is 12.0. The maximum Gasteiger partial charge on any atom is 0.326 e. The Bertz CT molecular complexity index is 573. The van der Waals surface area contributed by atoms with E-state index in [0.717, 1.165) is 19.5 Å². The van der Waals surface area contributed by atoms with Gasteiger partial charge in [0, 0.05) is 13.1 Å². The van der Waals surface area contributed by atoms with E-state index in [9.17, 15) is 14.7 Å². The molecule has 126 valence electrons. The van der Waals surface area contributed by atoms with Gasteiger partial charge in [0.05, 0.1) is 6.04 Å². The number of amides is 1. The van der Waals surface area contributed by atoms with Crippen LogP contribution in [0.1, 0.15) is 38.3 Å². The fourth-order valence-corrected chi connectivity index (χ4v) is 2.97. The van der Waals surface area contributed by atoms with Crippen LogP contribution in [0, 0.1) is 5.92 Å². The van der Waals surface area contributed by atoms with Crippen LogP contribution in [0.3, 0.4) is 0 Å². The summed E-state index contributed by atoms with van der Waals surface area (Å²) in [6.45, 7) is 7.16. The van der Waals surface area contributed by atoms with Gasteiger partial charge in [-0.15, -0.1) is 0 Å². The SMILES string of the molecule is CCC(C)C(NC(=O)C(C)N1CCc2ccccc2C1)C(=O)O. The lowest BCUT2D eigenvalue weighted by Crippen LogP contribution is -2.53. The first-order chi connectivity index (χ1) is 10.9. The number of aliphatic carboxylic acids is 1. The van der Waals surface area contributed by atoms with Crippen LogP contribution < -0.4 is 5.32 Å². The predicted molar refractivity (Wildman–Crippen MR) is 89.0 cm³/mol. The maximum absolute atomic E-state index is 12.5. The molecule has 0 bridgehead atoms. The zero-order valence-corrected chi connectivity index (χ0v) is 14.1. The standard InChI is InChI=1S/C18H26N2O3/c1-4-12(2)16(18(22)23)19-17(21)13(3)20-10-9-14-7-5-6-8-15(14)11-20/h5-8,12-13,16H,4,9-11H2,1-3H3,(H,19,21)(H,22,23). The minimum Gasteiger partial charge on any atom is -0.480 e. The first kappa shape index (κ1) is 17.5. The van der Waals surface area contributed by atoms with Crippen LogP contribution in [0.4, 0.5) is 0 Å². The number of fused-ring (bicyclic) bond motifs is 1. The van der Waals surface area contributed by atoms with Crippen molar-refractivity contribution in [2.24, 2.45) is 5.92 Å². The molecule has 0 fully saturated rings. The van der Waals surface area contributed by atoms with E-state index in [1.54, 1.807) is 0 Å². The average molecular weight is 318 g/mol. The lowest BCUT2D eigenvalue weighted by Gasteiger charge is -2.33. The normalized spacial score (nSPS) is 18.6. The molecular formula is C18H26N2O3. The van der Waals surface area contributed by atoms with Crippen molar-refractivity contribution in [2.75, 3.05) is 6.54 Å². The fraction of sp³-hybridized carbons (Fsp3) is 0.556. The number of nitrogens with one attached hydrogen (secondary N) is 1. The van der Waals surface area contributed by atoms with E-state index < -0.39 is 12.0 Å². The maximum atomic E-state index is 12.5. The van der Waals surface area contributed by atoms with Crippen LogP contribution in [0.25, 0.3) is 0 Å². The number of rotatable bonds is 6. The third-order valence-corrected chi connectivity index (χ3v) is 4.86. The summed E-state index contributed by atoms with van der Waals surface area (Å²) in [6.07, 6.45) is 1.63. The van der Waals surface area contributed by atoms with Crippen LogP contribution in [0.15, 0.2) is 24.3 Å². The molecule has 3 atom stereocenters. The van der Waals surface area contributed by atoms with Gasteiger partial charge in [0.25, 0.3) is 0 Å². The molecule has 0 aromatic heterocycles. The molecule has 23 heavy (non-hydrogen) atoms. The molecule has 0 radical (unpaired) electrons. The number of benzene rings is 1. The van der Waals surface area contributed by atoms with Crippen molar-refractivity contribution in [1.29, 1.82) is 0 Å². The Balaban J connectivity index is 2.01. The van der Waals surface area contributed by atoms with Crippen LogP contribution in [0.2, 0.25) is 0 Å². The van der Waals surface area contributed by atoms with Crippen molar-refractivity contribution >= 4 is 11.9 Å². The number of nitrogens with zero attached hydrogens (tertiary/aromatic N) is 1. The van der Waals surface area contributed by atoms with Crippen molar-refractivity contribution in [3.05, 3.63) is 35.4 Å². The number of carbonyl (C=O) groups is 2. The second-order valence-electron chi connectivity index (χ2n) is 6.38. The second-order valence-corrected chi connectivity index (χ2v) is 6.38. The highest BCUT2D eigenvalue weighted by atomic mass is 16.4. The smallest absolute Gasteiger partial charge is 0.326 e.